The Morgan fingerprint density at radius 1 is 1.12 bits per heavy atom. The molecular weight excluding hydrogens is 514 g/mol. The fraction of sp³-hybridized carbons (Fsp3) is 0.536. The van der Waals surface area contributed by atoms with Gasteiger partial charge in [0.1, 0.15) is 11.4 Å². The molecule has 2 aliphatic heterocycles. The molecule has 3 aliphatic rings. The van der Waals surface area contributed by atoms with Crippen molar-refractivity contribution in [3.05, 3.63) is 30.0 Å². The number of carboxylic acid groups (broad SMARTS) is 1. The number of piperidine rings is 1. The molecule has 0 unspecified atom stereocenters. The number of rotatable bonds is 8. The number of ether oxygens (including phenoxy) is 1. The van der Waals surface area contributed by atoms with Crippen LogP contribution in [0.1, 0.15) is 55.3 Å². The highest BCUT2D eigenvalue weighted by molar-refractivity contribution is 5.97. The lowest BCUT2D eigenvalue weighted by Crippen LogP contribution is -2.45. The summed E-state index contributed by atoms with van der Waals surface area (Å²) in [7, 11) is 3.31. The third-order valence-electron chi connectivity index (χ3n) is 8.08. The summed E-state index contributed by atoms with van der Waals surface area (Å²) in [6.07, 6.45) is 8.05. The van der Waals surface area contributed by atoms with Gasteiger partial charge in [0.25, 0.3) is 5.91 Å². The van der Waals surface area contributed by atoms with Crippen molar-refractivity contribution in [1.29, 1.82) is 0 Å². The number of nitrogens with zero attached hydrogens (tertiary/aromatic N) is 5. The molecular formula is C28H37N7O5. The minimum atomic E-state index is -0.840. The predicted octanol–water partition coefficient (Wildman–Crippen LogP) is 2.62. The molecule has 0 spiro atoms. The first-order chi connectivity index (χ1) is 19.3. The van der Waals surface area contributed by atoms with Crippen LogP contribution in [0.5, 0.6) is 5.75 Å². The van der Waals surface area contributed by atoms with Gasteiger partial charge in [-0.2, -0.15) is 4.98 Å². The Labute approximate surface area is 233 Å². The van der Waals surface area contributed by atoms with Crippen LogP contribution in [0.2, 0.25) is 0 Å². The van der Waals surface area contributed by atoms with Crippen molar-refractivity contribution >= 4 is 40.9 Å². The summed E-state index contributed by atoms with van der Waals surface area (Å²) in [6.45, 7) is 1.91. The number of hydrogen-bond donors (Lipinski definition) is 3. The van der Waals surface area contributed by atoms with Crippen molar-refractivity contribution in [3.63, 3.8) is 0 Å². The number of methoxy groups -OCH3 is 1. The normalized spacial score (nSPS) is 18.8. The Morgan fingerprint density at radius 2 is 1.88 bits per heavy atom. The molecule has 5 rings (SSSR count). The van der Waals surface area contributed by atoms with Gasteiger partial charge in [-0.25, -0.2) is 4.98 Å². The number of anilines is 4. The van der Waals surface area contributed by atoms with E-state index in [1.54, 1.807) is 43.5 Å². The molecule has 1 aliphatic carbocycles. The molecule has 12 nitrogen and oxygen atoms in total. The van der Waals surface area contributed by atoms with Crippen LogP contribution in [0.25, 0.3) is 0 Å². The van der Waals surface area contributed by atoms with Gasteiger partial charge in [0.05, 0.1) is 25.5 Å². The SMILES string of the molecule is COc1cc(C(=O)NC2CCN(CC(=O)O)CC2)ccc1Nc1ncc2c(n1)N(C1CCCC1)CCC(=O)N2C. The molecule has 40 heavy (non-hydrogen) atoms. The molecule has 2 amide bonds. The lowest BCUT2D eigenvalue weighted by molar-refractivity contribution is -0.138. The molecule has 3 N–H and O–H groups in total. The standard InChI is InChI=1S/C28H37N7O5/c1-33-22-16-29-28(32-26(22)35(14-11-24(33)36)20-5-3-4-6-20)31-21-8-7-18(15-23(21)40-2)27(39)30-19-9-12-34(13-10-19)17-25(37)38/h7-8,15-16,19-20H,3-6,9-14,17H2,1-2H3,(H,30,39)(H,37,38)(H,29,31,32). The Hall–Kier alpha value is -3.93. The lowest BCUT2D eigenvalue weighted by Gasteiger charge is -2.31. The molecule has 1 saturated carbocycles. The largest absolute Gasteiger partial charge is 0.495 e. The van der Waals surface area contributed by atoms with Crippen molar-refractivity contribution in [2.75, 3.05) is 55.5 Å². The van der Waals surface area contributed by atoms with Crippen LogP contribution in [0.15, 0.2) is 24.4 Å². The molecule has 0 bridgehead atoms. The van der Waals surface area contributed by atoms with E-state index in [9.17, 15) is 14.4 Å². The summed E-state index contributed by atoms with van der Waals surface area (Å²) in [5.41, 5.74) is 1.78. The summed E-state index contributed by atoms with van der Waals surface area (Å²) < 4.78 is 5.59. The van der Waals surface area contributed by atoms with Crippen LogP contribution in [0.3, 0.4) is 0 Å². The third-order valence-corrected chi connectivity index (χ3v) is 8.08. The second-order valence-corrected chi connectivity index (χ2v) is 10.7. The fourth-order valence-electron chi connectivity index (χ4n) is 5.82. The minimum Gasteiger partial charge on any atom is -0.495 e. The van der Waals surface area contributed by atoms with Gasteiger partial charge in [-0.05, 0) is 43.9 Å². The van der Waals surface area contributed by atoms with Crippen LogP contribution in [-0.2, 0) is 9.59 Å². The van der Waals surface area contributed by atoms with Gasteiger partial charge in [0.2, 0.25) is 11.9 Å². The zero-order chi connectivity index (χ0) is 28.2. The van der Waals surface area contributed by atoms with E-state index in [1.165, 1.54) is 12.8 Å². The van der Waals surface area contributed by atoms with Crippen molar-refractivity contribution in [1.82, 2.24) is 20.2 Å². The van der Waals surface area contributed by atoms with Crippen LogP contribution in [0, 0.1) is 0 Å². The average molecular weight is 552 g/mol. The number of benzene rings is 1. The Kier molecular flexibility index (Phi) is 8.34. The van der Waals surface area contributed by atoms with E-state index >= 15 is 0 Å². The number of carbonyl (C=O) groups excluding carboxylic acids is 2. The number of carboxylic acids is 1. The molecule has 2 aromatic rings. The highest BCUT2D eigenvalue weighted by Gasteiger charge is 2.32. The van der Waals surface area contributed by atoms with Crippen molar-refractivity contribution in [2.24, 2.45) is 0 Å². The number of aromatic nitrogens is 2. The molecule has 1 aromatic heterocycles. The molecule has 2 fully saturated rings. The van der Waals surface area contributed by atoms with E-state index in [1.807, 2.05) is 4.90 Å². The molecule has 1 aromatic carbocycles. The summed E-state index contributed by atoms with van der Waals surface area (Å²) in [6, 6.07) is 5.51. The molecule has 1 saturated heterocycles. The van der Waals surface area contributed by atoms with E-state index in [2.05, 4.69) is 20.5 Å². The monoisotopic (exact) mass is 551 g/mol. The quantitative estimate of drug-likeness (QED) is 0.448. The zero-order valence-corrected chi connectivity index (χ0v) is 23.1. The summed E-state index contributed by atoms with van der Waals surface area (Å²) in [5, 5.41) is 15.3. The van der Waals surface area contributed by atoms with E-state index in [-0.39, 0.29) is 24.4 Å². The highest BCUT2D eigenvalue weighted by Crippen LogP contribution is 2.37. The van der Waals surface area contributed by atoms with E-state index in [0.717, 1.165) is 18.7 Å². The Bertz CT molecular complexity index is 1260. The smallest absolute Gasteiger partial charge is 0.317 e. The number of fused-ring (bicyclic) bond motifs is 1. The summed E-state index contributed by atoms with van der Waals surface area (Å²) in [5.74, 6) is 0.612. The van der Waals surface area contributed by atoms with Crippen molar-refractivity contribution < 1.29 is 24.2 Å². The van der Waals surface area contributed by atoms with Gasteiger partial charge in [0.15, 0.2) is 5.82 Å². The van der Waals surface area contributed by atoms with E-state index < -0.39 is 5.97 Å². The van der Waals surface area contributed by atoms with Crippen molar-refractivity contribution in [3.8, 4) is 5.75 Å². The summed E-state index contributed by atoms with van der Waals surface area (Å²) in [4.78, 5) is 51.6. The minimum absolute atomic E-state index is 0.0119. The topological polar surface area (TPSA) is 140 Å². The van der Waals surface area contributed by atoms with Crippen LogP contribution >= 0.6 is 0 Å². The maximum atomic E-state index is 13.0. The maximum absolute atomic E-state index is 13.0. The van der Waals surface area contributed by atoms with E-state index in [4.69, 9.17) is 14.8 Å². The fourth-order valence-corrected chi connectivity index (χ4v) is 5.82. The Balaban J connectivity index is 1.30. The maximum Gasteiger partial charge on any atom is 0.317 e. The molecule has 214 valence electrons. The number of carbonyl (C=O) groups is 3. The number of nitrogens with one attached hydrogen (secondary N) is 2. The van der Waals surface area contributed by atoms with Gasteiger partial charge in [0, 0.05) is 50.7 Å². The molecule has 12 heteroatoms. The zero-order valence-electron chi connectivity index (χ0n) is 23.1. The predicted molar refractivity (Wildman–Crippen MR) is 151 cm³/mol. The molecule has 0 atom stereocenters. The third kappa shape index (κ3) is 6.11. The lowest BCUT2D eigenvalue weighted by atomic mass is 10.0. The van der Waals surface area contributed by atoms with Crippen LogP contribution < -0.4 is 25.2 Å². The molecule has 0 radical (unpaired) electrons. The number of hydrogen-bond acceptors (Lipinski definition) is 9. The van der Waals surface area contributed by atoms with E-state index in [0.29, 0.717) is 73.6 Å². The van der Waals surface area contributed by atoms with Crippen molar-refractivity contribution in [2.45, 2.75) is 57.0 Å². The number of amides is 2. The Morgan fingerprint density at radius 3 is 2.58 bits per heavy atom. The highest BCUT2D eigenvalue weighted by atomic mass is 16.5. The number of likely N-dealkylation sites (tertiary alicyclic amines) is 1. The van der Waals surface area contributed by atoms with Gasteiger partial charge in [-0.15, -0.1) is 0 Å². The first-order valence-corrected chi connectivity index (χ1v) is 13.9. The van der Waals surface area contributed by atoms with Crippen LogP contribution in [0.4, 0.5) is 23.1 Å². The van der Waals surface area contributed by atoms with Gasteiger partial charge in [-0.3, -0.25) is 19.3 Å². The molecule has 3 heterocycles. The first kappa shape index (κ1) is 27.6. The van der Waals surface area contributed by atoms with Crippen LogP contribution in [-0.4, -0.2) is 90.2 Å². The second kappa shape index (κ2) is 12.1. The second-order valence-electron chi connectivity index (χ2n) is 10.7. The first-order valence-electron chi connectivity index (χ1n) is 13.9. The van der Waals surface area contributed by atoms with Gasteiger partial charge >= 0.3 is 5.97 Å². The average Bonchev–Trinajstić information content (AvgIpc) is 3.45. The number of aliphatic carboxylic acids is 1. The van der Waals surface area contributed by atoms with Gasteiger partial charge in [-0.1, -0.05) is 12.8 Å². The summed E-state index contributed by atoms with van der Waals surface area (Å²) >= 11 is 0. The van der Waals surface area contributed by atoms with Gasteiger partial charge < -0.3 is 30.3 Å².